The van der Waals surface area contributed by atoms with Crippen LogP contribution in [0.5, 0.6) is 0 Å². The molecule has 0 spiro atoms. The van der Waals surface area contributed by atoms with Crippen LogP contribution in [0.2, 0.25) is 0 Å². The predicted octanol–water partition coefficient (Wildman–Crippen LogP) is 0.268. The Hall–Kier alpha value is -1.31. The Morgan fingerprint density at radius 3 is 2.42 bits per heavy atom. The van der Waals surface area contributed by atoms with Gasteiger partial charge in [-0.3, -0.25) is 19.9 Å². The number of carbonyl (C=O) groups excluding carboxylic acids is 1. The lowest BCUT2D eigenvalue weighted by Crippen LogP contribution is -2.37. The Labute approximate surface area is 108 Å². The zero-order valence-electron chi connectivity index (χ0n) is 9.86. The fourth-order valence-electron chi connectivity index (χ4n) is 1.26. The van der Waals surface area contributed by atoms with Gasteiger partial charge in [-0.2, -0.15) is 0 Å². The first kappa shape index (κ1) is 15.7. The molecule has 0 unspecified atom stereocenters. The molecule has 7 nitrogen and oxygen atoms in total. The second-order valence-electron chi connectivity index (χ2n) is 3.83. The molecule has 1 amide bonds. The number of halogens is 1. The molecule has 9 heteroatoms. The van der Waals surface area contributed by atoms with Gasteiger partial charge in [0.05, 0.1) is 13.1 Å². The van der Waals surface area contributed by atoms with Gasteiger partial charge in [0.15, 0.2) is 0 Å². The smallest absolute Gasteiger partial charge is 0.324 e. The summed E-state index contributed by atoms with van der Waals surface area (Å²) in [6.45, 7) is -0.412. The quantitative estimate of drug-likeness (QED) is 0.259. The molecule has 0 aliphatic heterocycles. The summed E-state index contributed by atoms with van der Waals surface area (Å²) in [5.41, 5.74) is 0.514. The number of nitrogens with zero attached hydrogens (tertiary/aromatic N) is 1. The van der Waals surface area contributed by atoms with Crippen LogP contribution in [-0.4, -0.2) is 38.9 Å². The third-order valence-corrected chi connectivity index (χ3v) is 2.77. The Balaban J connectivity index is 2.40. The Morgan fingerprint density at radius 2 is 1.89 bits per heavy atom. The minimum atomic E-state index is -4.23. The highest BCUT2D eigenvalue weighted by atomic mass is 31.2. The number of rotatable bonds is 6. The van der Waals surface area contributed by atoms with Crippen LogP contribution in [0.3, 0.4) is 0 Å². The van der Waals surface area contributed by atoms with Crippen LogP contribution >= 0.6 is 7.60 Å². The highest BCUT2D eigenvalue weighted by molar-refractivity contribution is 7.51. The molecule has 0 aromatic heterocycles. The van der Waals surface area contributed by atoms with Gasteiger partial charge in [0, 0.05) is 0 Å². The van der Waals surface area contributed by atoms with Gasteiger partial charge in [-0.15, -0.1) is 0 Å². The van der Waals surface area contributed by atoms with Crippen molar-refractivity contribution in [2.45, 2.75) is 6.42 Å². The number of amides is 1. The van der Waals surface area contributed by atoms with Crippen molar-refractivity contribution < 1.29 is 28.7 Å². The average Bonchev–Trinajstić information content (AvgIpc) is 2.30. The average molecular weight is 292 g/mol. The summed E-state index contributed by atoms with van der Waals surface area (Å²) >= 11 is 0. The molecule has 0 bridgehead atoms. The topological polar surface area (TPSA) is 110 Å². The van der Waals surface area contributed by atoms with Crippen LogP contribution in [0.4, 0.5) is 4.39 Å². The number of nitrogens with one attached hydrogen (secondary N) is 1. The first-order valence-corrected chi connectivity index (χ1v) is 7.06. The van der Waals surface area contributed by atoms with Crippen LogP contribution in [0.15, 0.2) is 24.3 Å². The Morgan fingerprint density at radius 1 is 1.32 bits per heavy atom. The number of hydrogen-bond donors (Lipinski definition) is 4. The van der Waals surface area contributed by atoms with Crippen LogP contribution in [0, 0.1) is 5.82 Å². The van der Waals surface area contributed by atoms with Gasteiger partial charge < -0.3 is 9.79 Å². The lowest BCUT2D eigenvalue weighted by Gasteiger charge is -2.16. The maximum absolute atomic E-state index is 12.6. The molecule has 19 heavy (non-hydrogen) atoms. The predicted molar refractivity (Wildman–Crippen MR) is 63.7 cm³/mol. The van der Waals surface area contributed by atoms with E-state index >= 15 is 0 Å². The van der Waals surface area contributed by atoms with E-state index in [0.717, 1.165) is 0 Å². The largest absolute Gasteiger partial charge is 0.339 e. The third-order valence-electron chi connectivity index (χ3n) is 2.14. The van der Waals surface area contributed by atoms with E-state index in [0.29, 0.717) is 10.6 Å². The van der Waals surface area contributed by atoms with Crippen LogP contribution in [-0.2, 0) is 15.8 Å². The van der Waals surface area contributed by atoms with E-state index in [2.05, 4.69) is 5.32 Å². The van der Waals surface area contributed by atoms with Gasteiger partial charge in [0.25, 0.3) is 5.91 Å². The maximum Gasteiger partial charge on any atom is 0.339 e. The zero-order valence-corrected chi connectivity index (χ0v) is 10.8. The van der Waals surface area contributed by atoms with E-state index in [9.17, 15) is 19.0 Å². The van der Waals surface area contributed by atoms with Crippen LogP contribution in [0.1, 0.15) is 5.56 Å². The van der Waals surface area contributed by atoms with Gasteiger partial charge >= 0.3 is 7.60 Å². The van der Waals surface area contributed by atoms with Crippen molar-refractivity contribution in [2.24, 2.45) is 0 Å². The molecular weight excluding hydrogens is 278 g/mol. The van der Waals surface area contributed by atoms with Gasteiger partial charge in [-0.25, -0.2) is 9.45 Å². The molecule has 106 valence electrons. The number of benzene rings is 1. The van der Waals surface area contributed by atoms with Crippen molar-refractivity contribution in [2.75, 3.05) is 13.0 Å². The van der Waals surface area contributed by atoms with Crippen LogP contribution < -0.4 is 5.32 Å². The number of hydrogen-bond acceptors (Lipinski definition) is 4. The highest BCUT2D eigenvalue weighted by Gasteiger charge is 2.15. The van der Waals surface area contributed by atoms with Gasteiger partial charge in [-0.05, 0) is 17.7 Å². The van der Waals surface area contributed by atoms with E-state index in [1.807, 2.05) is 0 Å². The molecule has 0 aliphatic rings. The molecule has 0 saturated carbocycles. The minimum absolute atomic E-state index is 0.144. The molecule has 0 fully saturated rings. The highest BCUT2D eigenvalue weighted by Crippen LogP contribution is 2.31. The van der Waals surface area contributed by atoms with Crippen LogP contribution in [0.25, 0.3) is 0 Å². The molecule has 1 aromatic carbocycles. The van der Waals surface area contributed by atoms with Crippen molar-refractivity contribution in [1.82, 2.24) is 10.4 Å². The van der Waals surface area contributed by atoms with Crippen molar-refractivity contribution in [3.8, 4) is 0 Å². The Kier molecular flexibility index (Phi) is 5.59. The summed E-state index contributed by atoms with van der Waals surface area (Å²) in [5.74, 6) is -1.11. The van der Waals surface area contributed by atoms with E-state index in [1.165, 1.54) is 24.3 Å². The molecule has 1 aromatic rings. The van der Waals surface area contributed by atoms with E-state index in [-0.39, 0.29) is 6.42 Å². The summed E-state index contributed by atoms with van der Waals surface area (Å²) in [6, 6.07) is 5.20. The monoisotopic (exact) mass is 292 g/mol. The van der Waals surface area contributed by atoms with Gasteiger partial charge in [0.1, 0.15) is 12.1 Å². The van der Waals surface area contributed by atoms with Crippen molar-refractivity contribution in [1.29, 1.82) is 0 Å². The second-order valence-corrected chi connectivity index (χ2v) is 5.47. The molecule has 0 aliphatic carbocycles. The summed E-state index contributed by atoms with van der Waals surface area (Å²) in [4.78, 5) is 28.6. The number of carbonyl (C=O) groups is 1. The van der Waals surface area contributed by atoms with E-state index < -0.39 is 32.3 Å². The zero-order chi connectivity index (χ0) is 14.5. The van der Waals surface area contributed by atoms with E-state index in [1.54, 1.807) is 0 Å². The summed E-state index contributed by atoms with van der Waals surface area (Å²) in [5, 5.41) is 11.9. The molecule has 0 atom stereocenters. The molecule has 4 N–H and O–H groups in total. The summed E-state index contributed by atoms with van der Waals surface area (Å²) < 4.78 is 23.1. The van der Waals surface area contributed by atoms with Gasteiger partial charge in [-0.1, -0.05) is 12.1 Å². The molecule has 0 heterocycles. The van der Waals surface area contributed by atoms with Crippen molar-refractivity contribution >= 4 is 13.5 Å². The second kappa shape index (κ2) is 6.74. The lowest BCUT2D eigenvalue weighted by molar-refractivity contribution is -0.165. The van der Waals surface area contributed by atoms with Crippen molar-refractivity contribution in [3.63, 3.8) is 0 Å². The summed E-state index contributed by atoms with van der Waals surface area (Å²) in [6.07, 6.45) is -0.789. The lowest BCUT2D eigenvalue weighted by atomic mass is 10.1. The first-order valence-electron chi connectivity index (χ1n) is 5.27. The minimum Gasteiger partial charge on any atom is -0.324 e. The molecule has 0 radical (unpaired) electrons. The first-order chi connectivity index (χ1) is 8.78. The standard InChI is InChI=1S/C10H14FN2O5P/c11-9-3-1-8(2-4-9)5-10(14)13(15)6-12-7-19(16,17)18/h1-4,12,15H,5-7H2,(H2,16,17,18). The van der Waals surface area contributed by atoms with Crippen molar-refractivity contribution in [3.05, 3.63) is 35.6 Å². The normalized spacial score (nSPS) is 11.4. The Bertz CT molecular complexity index is 475. The van der Waals surface area contributed by atoms with Gasteiger partial charge in [0.2, 0.25) is 0 Å². The fraction of sp³-hybridized carbons (Fsp3) is 0.300. The summed E-state index contributed by atoms with van der Waals surface area (Å²) in [7, 11) is -4.23. The number of hydroxylamine groups is 2. The SMILES string of the molecule is O=C(Cc1ccc(F)cc1)N(O)CNCP(=O)(O)O. The molecule has 0 saturated heterocycles. The molecular formula is C10H14FN2O5P. The van der Waals surface area contributed by atoms with E-state index in [4.69, 9.17) is 9.79 Å². The molecule has 1 rings (SSSR count). The third kappa shape index (κ3) is 6.42. The maximum atomic E-state index is 12.6. The fourth-order valence-corrected chi connectivity index (χ4v) is 1.65.